The fourth-order valence-electron chi connectivity index (χ4n) is 1.44. The number of likely N-dealkylation sites (N-methyl/N-ethyl adjacent to an activating group) is 1. The van der Waals surface area contributed by atoms with Gasteiger partial charge in [0.1, 0.15) is 5.82 Å². The normalized spacial score (nSPS) is 15.8. The van der Waals surface area contributed by atoms with Crippen molar-refractivity contribution in [3.63, 3.8) is 0 Å². The number of hydrogen-bond acceptors (Lipinski definition) is 3. The van der Waals surface area contributed by atoms with Crippen molar-refractivity contribution in [1.29, 1.82) is 0 Å². The smallest absolute Gasteiger partial charge is 0.142 e. The van der Waals surface area contributed by atoms with Crippen LogP contribution < -0.4 is 4.90 Å². The molecule has 2 nitrogen and oxygen atoms in total. The molecule has 1 aromatic heterocycles. The SMILES string of the molecule is CC(C)c1nc2c(s1)CCN2C. The van der Waals surface area contributed by atoms with Crippen molar-refractivity contribution in [3.8, 4) is 0 Å². The predicted molar refractivity (Wildman–Crippen MR) is 53.2 cm³/mol. The van der Waals surface area contributed by atoms with Gasteiger partial charge in [0, 0.05) is 25.9 Å². The number of thiazole rings is 1. The summed E-state index contributed by atoms with van der Waals surface area (Å²) in [6.45, 7) is 5.55. The Morgan fingerprint density at radius 3 is 2.83 bits per heavy atom. The second kappa shape index (κ2) is 2.73. The minimum absolute atomic E-state index is 0.578. The van der Waals surface area contributed by atoms with Gasteiger partial charge in [0.25, 0.3) is 0 Å². The van der Waals surface area contributed by atoms with Crippen molar-refractivity contribution in [2.45, 2.75) is 26.2 Å². The quantitative estimate of drug-likeness (QED) is 0.662. The molecule has 1 aliphatic rings. The largest absolute Gasteiger partial charge is 0.358 e. The third kappa shape index (κ3) is 1.12. The Kier molecular flexibility index (Phi) is 1.83. The highest BCUT2D eigenvalue weighted by Crippen LogP contribution is 2.34. The molecule has 0 spiro atoms. The molecule has 0 amide bonds. The molecule has 0 radical (unpaired) electrons. The Hall–Kier alpha value is -0.570. The fourth-order valence-corrected chi connectivity index (χ4v) is 2.55. The summed E-state index contributed by atoms with van der Waals surface area (Å²) in [4.78, 5) is 8.34. The lowest BCUT2D eigenvalue weighted by Crippen LogP contribution is -2.13. The van der Waals surface area contributed by atoms with Crippen molar-refractivity contribution in [3.05, 3.63) is 9.88 Å². The van der Waals surface area contributed by atoms with Crippen LogP contribution >= 0.6 is 11.3 Å². The van der Waals surface area contributed by atoms with E-state index in [1.807, 2.05) is 11.3 Å². The predicted octanol–water partition coefficient (Wildman–Crippen LogP) is 2.26. The lowest BCUT2D eigenvalue weighted by molar-refractivity contribution is 0.844. The van der Waals surface area contributed by atoms with Gasteiger partial charge in [-0.3, -0.25) is 0 Å². The maximum absolute atomic E-state index is 4.62. The molecule has 1 aliphatic heterocycles. The first kappa shape index (κ1) is 8.05. The molecule has 66 valence electrons. The Morgan fingerprint density at radius 2 is 2.25 bits per heavy atom. The van der Waals surface area contributed by atoms with Gasteiger partial charge >= 0.3 is 0 Å². The highest BCUT2D eigenvalue weighted by Gasteiger charge is 2.21. The molecule has 0 saturated heterocycles. The molecule has 3 heteroatoms. The maximum atomic E-state index is 4.62. The minimum Gasteiger partial charge on any atom is -0.358 e. The molecule has 2 rings (SSSR count). The van der Waals surface area contributed by atoms with Gasteiger partial charge in [-0.05, 0) is 0 Å². The van der Waals surface area contributed by atoms with Gasteiger partial charge in [0.2, 0.25) is 0 Å². The molecule has 2 heterocycles. The summed E-state index contributed by atoms with van der Waals surface area (Å²) in [5.41, 5.74) is 0. The number of anilines is 1. The van der Waals surface area contributed by atoms with Crippen LogP contribution in [-0.4, -0.2) is 18.6 Å². The topological polar surface area (TPSA) is 16.1 Å². The Morgan fingerprint density at radius 1 is 1.50 bits per heavy atom. The van der Waals surface area contributed by atoms with Crippen molar-refractivity contribution >= 4 is 17.2 Å². The Labute approximate surface area is 77.2 Å². The van der Waals surface area contributed by atoms with Gasteiger partial charge in [0.15, 0.2) is 0 Å². The molecule has 0 aliphatic carbocycles. The van der Waals surface area contributed by atoms with Crippen molar-refractivity contribution in [1.82, 2.24) is 4.98 Å². The van der Waals surface area contributed by atoms with Crippen LogP contribution in [0.4, 0.5) is 5.82 Å². The first-order valence-electron chi connectivity index (χ1n) is 4.39. The van der Waals surface area contributed by atoms with Gasteiger partial charge in [-0.25, -0.2) is 4.98 Å². The van der Waals surface area contributed by atoms with Crippen LogP contribution in [-0.2, 0) is 6.42 Å². The standard InChI is InChI=1S/C9H14N2S/c1-6(2)9-10-8-7(12-9)4-5-11(8)3/h6H,4-5H2,1-3H3. The zero-order chi connectivity index (χ0) is 8.72. The minimum atomic E-state index is 0.578. The highest BCUT2D eigenvalue weighted by molar-refractivity contribution is 7.12. The van der Waals surface area contributed by atoms with Crippen LogP contribution in [0.15, 0.2) is 0 Å². The van der Waals surface area contributed by atoms with E-state index in [4.69, 9.17) is 0 Å². The molecule has 0 fully saturated rings. The summed E-state index contributed by atoms with van der Waals surface area (Å²) in [7, 11) is 2.12. The van der Waals surface area contributed by atoms with Crippen molar-refractivity contribution in [2.75, 3.05) is 18.5 Å². The molecule has 12 heavy (non-hydrogen) atoms. The lowest BCUT2D eigenvalue weighted by Gasteiger charge is -2.08. The third-order valence-corrected chi connectivity index (χ3v) is 3.63. The summed E-state index contributed by atoms with van der Waals surface area (Å²) >= 11 is 1.88. The highest BCUT2D eigenvalue weighted by atomic mass is 32.1. The summed E-state index contributed by atoms with van der Waals surface area (Å²) in [6, 6.07) is 0. The maximum Gasteiger partial charge on any atom is 0.142 e. The molecule has 0 bridgehead atoms. The van der Waals surface area contributed by atoms with Crippen LogP contribution in [0.1, 0.15) is 29.7 Å². The van der Waals surface area contributed by atoms with Crippen LogP contribution in [0.3, 0.4) is 0 Å². The molecular formula is C9H14N2S. The van der Waals surface area contributed by atoms with Gasteiger partial charge in [-0.1, -0.05) is 13.8 Å². The number of fused-ring (bicyclic) bond motifs is 1. The van der Waals surface area contributed by atoms with Gasteiger partial charge in [-0.2, -0.15) is 0 Å². The van der Waals surface area contributed by atoms with Gasteiger partial charge < -0.3 is 4.90 Å². The molecule has 0 saturated carbocycles. The molecule has 0 N–H and O–H groups in total. The summed E-state index contributed by atoms with van der Waals surface area (Å²) in [5, 5.41) is 1.28. The van der Waals surface area contributed by atoms with Gasteiger partial charge in [0.05, 0.1) is 9.88 Å². The lowest BCUT2D eigenvalue weighted by atomic mass is 10.2. The van der Waals surface area contributed by atoms with E-state index in [-0.39, 0.29) is 0 Å². The zero-order valence-corrected chi connectivity index (χ0v) is 8.61. The van der Waals surface area contributed by atoms with E-state index >= 15 is 0 Å². The van der Waals surface area contributed by atoms with E-state index in [0.29, 0.717) is 5.92 Å². The van der Waals surface area contributed by atoms with E-state index in [0.717, 1.165) is 6.54 Å². The van der Waals surface area contributed by atoms with E-state index in [1.54, 1.807) is 0 Å². The van der Waals surface area contributed by atoms with Crippen LogP contribution in [0.25, 0.3) is 0 Å². The number of hydrogen-bond donors (Lipinski definition) is 0. The molecular weight excluding hydrogens is 168 g/mol. The molecule has 0 atom stereocenters. The Bertz CT molecular complexity index is 291. The summed E-state index contributed by atoms with van der Waals surface area (Å²) < 4.78 is 0. The fraction of sp³-hybridized carbons (Fsp3) is 0.667. The zero-order valence-electron chi connectivity index (χ0n) is 7.79. The second-order valence-corrected chi connectivity index (χ2v) is 4.74. The second-order valence-electron chi connectivity index (χ2n) is 3.63. The average molecular weight is 182 g/mol. The van der Waals surface area contributed by atoms with E-state index < -0.39 is 0 Å². The van der Waals surface area contributed by atoms with Crippen LogP contribution in [0.2, 0.25) is 0 Å². The molecule has 1 aromatic rings. The van der Waals surface area contributed by atoms with Crippen LogP contribution in [0.5, 0.6) is 0 Å². The first-order chi connectivity index (χ1) is 5.68. The summed E-state index contributed by atoms with van der Waals surface area (Å²) in [5.74, 6) is 1.80. The average Bonchev–Trinajstić information content (AvgIpc) is 2.53. The first-order valence-corrected chi connectivity index (χ1v) is 5.21. The Balaban J connectivity index is 2.36. The van der Waals surface area contributed by atoms with Gasteiger partial charge in [-0.15, -0.1) is 11.3 Å². The third-order valence-electron chi connectivity index (χ3n) is 2.22. The van der Waals surface area contributed by atoms with E-state index in [9.17, 15) is 0 Å². The summed E-state index contributed by atoms with van der Waals surface area (Å²) in [6.07, 6.45) is 1.19. The number of rotatable bonds is 1. The number of aromatic nitrogens is 1. The van der Waals surface area contributed by atoms with Crippen molar-refractivity contribution < 1.29 is 0 Å². The van der Waals surface area contributed by atoms with Crippen molar-refractivity contribution in [2.24, 2.45) is 0 Å². The number of nitrogens with zero attached hydrogens (tertiary/aromatic N) is 2. The van der Waals surface area contributed by atoms with Crippen LogP contribution in [0, 0.1) is 0 Å². The van der Waals surface area contributed by atoms with E-state index in [1.165, 1.54) is 22.1 Å². The molecule has 0 aromatic carbocycles. The van der Waals surface area contributed by atoms with E-state index in [2.05, 4.69) is 30.8 Å². The monoisotopic (exact) mass is 182 g/mol. The molecule has 0 unspecified atom stereocenters.